The van der Waals surface area contributed by atoms with Crippen LogP contribution in [0, 0.1) is 13.8 Å². The molecule has 140 valence electrons. The lowest BCUT2D eigenvalue weighted by molar-refractivity contribution is 0.244. The van der Waals surface area contributed by atoms with E-state index in [9.17, 15) is 0 Å². The van der Waals surface area contributed by atoms with Gasteiger partial charge in [0.25, 0.3) is 0 Å². The molecule has 3 aromatic rings. The van der Waals surface area contributed by atoms with Crippen molar-refractivity contribution in [2.75, 3.05) is 10.6 Å². The third-order valence-corrected chi connectivity index (χ3v) is 4.07. The molecule has 0 fully saturated rings. The van der Waals surface area contributed by atoms with Gasteiger partial charge in [0.15, 0.2) is 0 Å². The van der Waals surface area contributed by atoms with Gasteiger partial charge in [-0.3, -0.25) is 0 Å². The fraction of sp³-hybridized carbons (Fsp3) is 0.273. The zero-order valence-corrected chi connectivity index (χ0v) is 16.3. The number of ether oxygens (including phenoxy) is 1. The molecule has 0 radical (unpaired) electrons. The van der Waals surface area contributed by atoms with E-state index in [-0.39, 0.29) is 6.10 Å². The number of rotatable bonds is 7. The second-order valence-electron chi connectivity index (χ2n) is 6.79. The van der Waals surface area contributed by atoms with Gasteiger partial charge < -0.3 is 15.4 Å². The first-order chi connectivity index (χ1) is 13.0. The highest BCUT2D eigenvalue weighted by Crippen LogP contribution is 2.27. The van der Waals surface area contributed by atoms with Crippen LogP contribution in [0.5, 0.6) is 5.75 Å². The average molecular weight is 362 g/mol. The predicted octanol–water partition coefficient (Wildman–Crippen LogP) is 5.24. The van der Waals surface area contributed by atoms with E-state index in [1.54, 1.807) is 0 Å². The van der Waals surface area contributed by atoms with Crippen LogP contribution in [0.15, 0.2) is 54.6 Å². The van der Waals surface area contributed by atoms with Gasteiger partial charge in [0.1, 0.15) is 11.6 Å². The van der Waals surface area contributed by atoms with Crippen LogP contribution in [0.1, 0.15) is 30.7 Å². The summed E-state index contributed by atoms with van der Waals surface area (Å²) in [7, 11) is 0. The Balaban J connectivity index is 1.77. The maximum Gasteiger partial charge on any atom is 0.229 e. The summed E-state index contributed by atoms with van der Waals surface area (Å²) >= 11 is 0. The standard InChI is InChI=1S/C22H26N4O/c1-15(2)27-20-12-8-7-11-19(20)25-22-24-17(4)13-21(26-22)23-14-18-10-6-5-9-16(18)3/h5-13,15H,14H2,1-4H3,(H2,23,24,25,26). The SMILES string of the molecule is Cc1cc(NCc2ccccc2C)nc(Nc2ccccc2OC(C)C)n1. The van der Waals surface area contributed by atoms with E-state index in [0.717, 1.165) is 29.5 Å². The topological polar surface area (TPSA) is 59.1 Å². The molecule has 0 amide bonds. The fourth-order valence-corrected chi connectivity index (χ4v) is 2.76. The minimum Gasteiger partial charge on any atom is -0.489 e. The maximum atomic E-state index is 5.86. The molecule has 0 bridgehead atoms. The molecule has 2 aromatic carbocycles. The van der Waals surface area contributed by atoms with Crippen molar-refractivity contribution in [1.82, 2.24) is 9.97 Å². The molecule has 0 atom stereocenters. The summed E-state index contributed by atoms with van der Waals surface area (Å²) in [6, 6.07) is 18.1. The van der Waals surface area contributed by atoms with Crippen LogP contribution in [0.3, 0.4) is 0 Å². The molecule has 5 heteroatoms. The Morgan fingerprint density at radius 3 is 2.48 bits per heavy atom. The van der Waals surface area contributed by atoms with Gasteiger partial charge in [-0.05, 0) is 51.0 Å². The van der Waals surface area contributed by atoms with Crippen LogP contribution in [0.2, 0.25) is 0 Å². The van der Waals surface area contributed by atoms with Crippen molar-refractivity contribution >= 4 is 17.5 Å². The number of anilines is 3. The van der Waals surface area contributed by atoms with Crippen molar-refractivity contribution in [3.8, 4) is 5.75 Å². The van der Waals surface area contributed by atoms with Crippen molar-refractivity contribution in [1.29, 1.82) is 0 Å². The van der Waals surface area contributed by atoms with Crippen LogP contribution in [-0.4, -0.2) is 16.1 Å². The Labute approximate surface area is 160 Å². The molecule has 3 rings (SSSR count). The van der Waals surface area contributed by atoms with E-state index < -0.39 is 0 Å². The lowest BCUT2D eigenvalue weighted by Gasteiger charge is -2.15. The van der Waals surface area contributed by atoms with E-state index in [1.807, 2.05) is 63.2 Å². The first kappa shape index (κ1) is 18.7. The molecule has 1 heterocycles. The Kier molecular flexibility index (Phi) is 5.91. The third kappa shape index (κ3) is 5.20. The number of aryl methyl sites for hydroxylation is 2. The first-order valence-electron chi connectivity index (χ1n) is 9.18. The molecule has 1 aromatic heterocycles. The number of benzene rings is 2. The van der Waals surface area contributed by atoms with Gasteiger partial charge in [-0.25, -0.2) is 4.98 Å². The zero-order valence-electron chi connectivity index (χ0n) is 16.3. The minimum absolute atomic E-state index is 0.0951. The maximum absolute atomic E-state index is 5.86. The molecule has 0 spiro atoms. The molecule has 0 unspecified atom stereocenters. The Bertz CT molecular complexity index is 908. The minimum atomic E-state index is 0.0951. The Morgan fingerprint density at radius 1 is 0.963 bits per heavy atom. The summed E-state index contributed by atoms with van der Waals surface area (Å²) in [6.07, 6.45) is 0.0951. The summed E-state index contributed by atoms with van der Waals surface area (Å²) in [5.74, 6) is 2.12. The number of nitrogens with zero attached hydrogens (tertiary/aromatic N) is 2. The number of aromatic nitrogens is 2. The van der Waals surface area contributed by atoms with Crippen LogP contribution < -0.4 is 15.4 Å². The van der Waals surface area contributed by atoms with E-state index in [1.165, 1.54) is 11.1 Å². The van der Waals surface area contributed by atoms with E-state index in [2.05, 4.69) is 39.7 Å². The van der Waals surface area contributed by atoms with Gasteiger partial charge >= 0.3 is 0 Å². The first-order valence-corrected chi connectivity index (χ1v) is 9.18. The zero-order chi connectivity index (χ0) is 19.2. The van der Waals surface area contributed by atoms with Gasteiger partial charge in [0.05, 0.1) is 11.8 Å². The number of hydrogen-bond acceptors (Lipinski definition) is 5. The van der Waals surface area contributed by atoms with Gasteiger partial charge in [0.2, 0.25) is 5.95 Å². The number of nitrogens with one attached hydrogen (secondary N) is 2. The summed E-state index contributed by atoms with van der Waals surface area (Å²) in [6.45, 7) is 8.81. The molecule has 27 heavy (non-hydrogen) atoms. The Hall–Kier alpha value is -3.08. The van der Waals surface area contributed by atoms with Crippen molar-refractivity contribution < 1.29 is 4.74 Å². The van der Waals surface area contributed by atoms with Gasteiger partial charge in [0, 0.05) is 18.3 Å². The smallest absolute Gasteiger partial charge is 0.229 e. The molecule has 0 saturated heterocycles. The highest BCUT2D eigenvalue weighted by Gasteiger charge is 2.08. The third-order valence-electron chi connectivity index (χ3n) is 4.07. The lowest BCUT2D eigenvalue weighted by Crippen LogP contribution is -2.09. The van der Waals surface area contributed by atoms with Crippen LogP contribution in [0.25, 0.3) is 0 Å². The normalized spacial score (nSPS) is 10.7. The second-order valence-corrected chi connectivity index (χ2v) is 6.79. The number of para-hydroxylation sites is 2. The quantitative estimate of drug-likeness (QED) is 0.602. The van der Waals surface area contributed by atoms with Gasteiger partial charge in [-0.1, -0.05) is 36.4 Å². The van der Waals surface area contributed by atoms with Crippen molar-refractivity contribution in [2.45, 2.75) is 40.3 Å². The molecule has 0 aliphatic heterocycles. The summed E-state index contributed by atoms with van der Waals surface area (Å²) < 4.78 is 5.86. The Morgan fingerprint density at radius 2 is 1.70 bits per heavy atom. The highest BCUT2D eigenvalue weighted by molar-refractivity contribution is 5.63. The average Bonchev–Trinajstić information content (AvgIpc) is 2.62. The van der Waals surface area contributed by atoms with E-state index in [0.29, 0.717) is 5.95 Å². The molecular weight excluding hydrogens is 336 g/mol. The van der Waals surface area contributed by atoms with Crippen LogP contribution in [-0.2, 0) is 6.54 Å². The lowest BCUT2D eigenvalue weighted by atomic mass is 10.1. The molecule has 0 aliphatic carbocycles. The molecule has 0 saturated carbocycles. The highest BCUT2D eigenvalue weighted by atomic mass is 16.5. The van der Waals surface area contributed by atoms with Crippen LogP contribution >= 0.6 is 0 Å². The molecule has 0 aliphatic rings. The van der Waals surface area contributed by atoms with E-state index in [4.69, 9.17) is 4.74 Å². The molecular formula is C22H26N4O. The van der Waals surface area contributed by atoms with Crippen molar-refractivity contribution in [3.05, 3.63) is 71.4 Å². The summed E-state index contributed by atoms with van der Waals surface area (Å²) in [5, 5.41) is 6.67. The summed E-state index contributed by atoms with van der Waals surface area (Å²) in [4.78, 5) is 9.11. The van der Waals surface area contributed by atoms with Gasteiger partial charge in [-0.2, -0.15) is 4.98 Å². The van der Waals surface area contributed by atoms with Crippen LogP contribution in [0.4, 0.5) is 17.5 Å². The van der Waals surface area contributed by atoms with E-state index >= 15 is 0 Å². The largest absolute Gasteiger partial charge is 0.489 e. The predicted molar refractivity (Wildman–Crippen MR) is 111 cm³/mol. The summed E-state index contributed by atoms with van der Waals surface area (Å²) in [5.41, 5.74) is 4.25. The number of hydrogen-bond donors (Lipinski definition) is 2. The molecule has 5 nitrogen and oxygen atoms in total. The second kappa shape index (κ2) is 8.54. The monoisotopic (exact) mass is 362 g/mol. The fourth-order valence-electron chi connectivity index (χ4n) is 2.76. The molecule has 2 N–H and O–H groups in total. The van der Waals surface area contributed by atoms with Gasteiger partial charge in [-0.15, -0.1) is 0 Å². The van der Waals surface area contributed by atoms with Crippen molar-refractivity contribution in [2.24, 2.45) is 0 Å². The van der Waals surface area contributed by atoms with Crippen molar-refractivity contribution in [3.63, 3.8) is 0 Å².